The highest BCUT2D eigenvalue weighted by Crippen LogP contribution is 2.14. The van der Waals surface area contributed by atoms with Crippen molar-refractivity contribution in [3.8, 4) is 5.75 Å². The van der Waals surface area contributed by atoms with Gasteiger partial charge in [-0.2, -0.15) is 0 Å². The van der Waals surface area contributed by atoms with Gasteiger partial charge in [0, 0.05) is 19.8 Å². The number of hydrogen-bond donors (Lipinski definition) is 3. The normalized spacial score (nSPS) is 11.4. The molecule has 0 unspecified atom stereocenters. The molecule has 2 rings (SSSR count). The standard InChI is InChI=1S/C19H22N2O4/c1-14(22)20-18(19(23)21-24)13-16-7-9-17(10-8-16)25-12-11-15-5-3-2-4-6-15/h2-10,18,24H,11-13H2,1H3,(H,20,22)(H,21,23)/t18-/m0/s1. The molecule has 2 aromatic rings. The molecule has 1 atom stereocenters. The van der Waals surface area contributed by atoms with Crippen molar-refractivity contribution in [2.75, 3.05) is 6.61 Å². The monoisotopic (exact) mass is 342 g/mol. The van der Waals surface area contributed by atoms with Gasteiger partial charge in [0.2, 0.25) is 5.91 Å². The van der Waals surface area contributed by atoms with Gasteiger partial charge in [-0.1, -0.05) is 42.5 Å². The lowest BCUT2D eigenvalue weighted by Crippen LogP contribution is -2.46. The number of rotatable bonds is 8. The summed E-state index contributed by atoms with van der Waals surface area (Å²) < 4.78 is 5.71. The lowest BCUT2D eigenvalue weighted by Gasteiger charge is -2.16. The molecule has 0 saturated heterocycles. The van der Waals surface area contributed by atoms with Gasteiger partial charge in [-0.3, -0.25) is 14.8 Å². The third kappa shape index (κ3) is 6.27. The van der Waals surface area contributed by atoms with E-state index in [0.29, 0.717) is 6.61 Å². The van der Waals surface area contributed by atoms with Gasteiger partial charge in [0.1, 0.15) is 11.8 Å². The van der Waals surface area contributed by atoms with Crippen LogP contribution >= 0.6 is 0 Å². The molecule has 0 saturated carbocycles. The predicted molar refractivity (Wildman–Crippen MR) is 93.3 cm³/mol. The van der Waals surface area contributed by atoms with E-state index in [-0.39, 0.29) is 12.3 Å². The summed E-state index contributed by atoms with van der Waals surface area (Å²) >= 11 is 0. The van der Waals surface area contributed by atoms with Crippen LogP contribution in [0.4, 0.5) is 0 Å². The van der Waals surface area contributed by atoms with Crippen LogP contribution in [-0.2, 0) is 22.4 Å². The Kier molecular flexibility index (Phi) is 6.98. The SMILES string of the molecule is CC(=O)N[C@@H](Cc1ccc(OCCc2ccccc2)cc1)C(=O)NO. The molecule has 3 N–H and O–H groups in total. The molecule has 0 aliphatic rings. The minimum Gasteiger partial charge on any atom is -0.493 e. The Morgan fingerprint density at radius 2 is 1.72 bits per heavy atom. The van der Waals surface area contributed by atoms with Gasteiger partial charge in [0.15, 0.2) is 0 Å². The number of benzene rings is 2. The number of hydrogen-bond acceptors (Lipinski definition) is 4. The zero-order valence-electron chi connectivity index (χ0n) is 14.1. The molecule has 2 amide bonds. The van der Waals surface area contributed by atoms with E-state index in [2.05, 4.69) is 17.4 Å². The van der Waals surface area contributed by atoms with Crippen LogP contribution in [0, 0.1) is 0 Å². The fourth-order valence-corrected chi connectivity index (χ4v) is 2.42. The first-order valence-corrected chi connectivity index (χ1v) is 8.05. The van der Waals surface area contributed by atoms with E-state index in [1.807, 2.05) is 42.5 Å². The van der Waals surface area contributed by atoms with Crippen LogP contribution in [0.3, 0.4) is 0 Å². The molecule has 2 aromatic carbocycles. The van der Waals surface area contributed by atoms with Crippen molar-refractivity contribution >= 4 is 11.8 Å². The summed E-state index contributed by atoms with van der Waals surface area (Å²) in [6, 6.07) is 16.6. The summed E-state index contributed by atoms with van der Waals surface area (Å²) in [5, 5.41) is 11.3. The fraction of sp³-hybridized carbons (Fsp3) is 0.263. The van der Waals surface area contributed by atoms with E-state index in [4.69, 9.17) is 9.94 Å². The molecule has 0 fully saturated rings. The van der Waals surface area contributed by atoms with Crippen LogP contribution in [0.5, 0.6) is 5.75 Å². The highest BCUT2D eigenvalue weighted by atomic mass is 16.5. The maximum atomic E-state index is 11.6. The first kappa shape index (κ1) is 18.5. The van der Waals surface area contributed by atoms with E-state index in [1.165, 1.54) is 12.5 Å². The second kappa shape index (κ2) is 9.44. The highest BCUT2D eigenvalue weighted by Gasteiger charge is 2.19. The number of nitrogens with one attached hydrogen (secondary N) is 2. The lowest BCUT2D eigenvalue weighted by atomic mass is 10.1. The second-order valence-corrected chi connectivity index (χ2v) is 5.66. The Morgan fingerprint density at radius 1 is 1.04 bits per heavy atom. The van der Waals surface area contributed by atoms with E-state index in [0.717, 1.165) is 17.7 Å². The maximum absolute atomic E-state index is 11.6. The van der Waals surface area contributed by atoms with Crippen molar-refractivity contribution in [2.45, 2.75) is 25.8 Å². The molecule has 6 nitrogen and oxygen atoms in total. The largest absolute Gasteiger partial charge is 0.493 e. The molecule has 0 aliphatic heterocycles. The fourth-order valence-electron chi connectivity index (χ4n) is 2.42. The third-order valence-corrected chi connectivity index (χ3v) is 3.67. The Bertz CT molecular complexity index is 686. The Balaban J connectivity index is 1.87. The molecule has 25 heavy (non-hydrogen) atoms. The van der Waals surface area contributed by atoms with E-state index < -0.39 is 11.9 Å². The van der Waals surface area contributed by atoms with Gasteiger partial charge in [-0.15, -0.1) is 0 Å². The van der Waals surface area contributed by atoms with Crippen LogP contribution < -0.4 is 15.5 Å². The van der Waals surface area contributed by atoms with Crippen molar-refractivity contribution in [3.05, 3.63) is 65.7 Å². The quantitative estimate of drug-likeness (QED) is 0.505. The van der Waals surface area contributed by atoms with Gasteiger partial charge >= 0.3 is 0 Å². The zero-order valence-corrected chi connectivity index (χ0v) is 14.1. The summed E-state index contributed by atoms with van der Waals surface area (Å²) in [7, 11) is 0. The van der Waals surface area contributed by atoms with Crippen LogP contribution in [0.25, 0.3) is 0 Å². The van der Waals surface area contributed by atoms with Crippen LogP contribution in [0.2, 0.25) is 0 Å². The minimum atomic E-state index is -0.827. The first-order chi connectivity index (χ1) is 12.1. The predicted octanol–water partition coefficient (Wildman–Crippen LogP) is 1.86. The smallest absolute Gasteiger partial charge is 0.266 e. The average molecular weight is 342 g/mol. The number of amides is 2. The van der Waals surface area contributed by atoms with Gasteiger partial charge < -0.3 is 10.1 Å². The number of carbonyl (C=O) groups is 2. The van der Waals surface area contributed by atoms with E-state index in [1.54, 1.807) is 5.48 Å². The van der Waals surface area contributed by atoms with Gasteiger partial charge in [-0.25, -0.2) is 5.48 Å². The van der Waals surface area contributed by atoms with E-state index in [9.17, 15) is 9.59 Å². The topological polar surface area (TPSA) is 87.7 Å². The summed E-state index contributed by atoms with van der Waals surface area (Å²) in [5.74, 6) is -0.254. The summed E-state index contributed by atoms with van der Waals surface area (Å²) in [6.45, 7) is 1.89. The third-order valence-electron chi connectivity index (χ3n) is 3.67. The summed E-state index contributed by atoms with van der Waals surface area (Å²) in [6.07, 6.45) is 1.10. The highest BCUT2D eigenvalue weighted by molar-refractivity contribution is 5.86. The summed E-state index contributed by atoms with van der Waals surface area (Å²) in [4.78, 5) is 22.8. The minimum absolute atomic E-state index is 0.274. The van der Waals surface area contributed by atoms with Gasteiger partial charge in [0.05, 0.1) is 6.61 Å². The maximum Gasteiger partial charge on any atom is 0.266 e. The molecule has 132 valence electrons. The Morgan fingerprint density at radius 3 is 2.32 bits per heavy atom. The van der Waals surface area contributed by atoms with Gasteiger partial charge in [-0.05, 0) is 23.3 Å². The molecular formula is C19H22N2O4. The van der Waals surface area contributed by atoms with Crippen molar-refractivity contribution in [1.29, 1.82) is 0 Å². The van der Waals surface area contributed by atoms with Crippen LogP contribution in [-0.4, -0.2) is 29.7 Å². The first-order valence-electron chi connectivity index (χ1n) is 8.05. The molecule has 0 aliphatic carbocycles. The van der Waals surface area contributed by atoms with Crippen molar-refractivity contribution in [3.63, 3.8) is 0 Å². The number of carbonyl (C=O) groups excluding carboxylic acids is 2. The lowest BCUT2D eigenvalue weighted by molar-refractivity contribution is -0.134. The van der Waals surface area contributed by atoms with Crippen molar-refractivity contribution in [1.82, 2.24) is 10.8 Å². The molecule has 0 spiro atoms. The molecular weight excluding hydrogens is 320 g/mol. The second-order valence-electron chi connectivity index (χ2n) is 5.66. The zero-order chi connectivity index (χ0) is 18.1. The molecule has 0 heterocycles. The number of ether oxygens (including phenoxy) is 1. The number of hydroxylamine groups is 1. The molecule has 0 radical (unpaired) electrons. The molecule has 6 heteroatoms. The Hall–Kier alpha value is -2.86. The summed E-state index contributed by atoms with van der Waals surface area (Å²) in [5.41, 5.74) is 3.63. The van der Waals surface area contributed by atoms with Crippen molar-refractivity contribution in [2.24, 2.45) is 0 Å². The Labute approximate surface area is 146 Å². The van der Waals surface area contributed by atoms with Crippen LogP contribution in [0.1, 0.15) is 18.1 Å². The van der Waals surface area contributed by atoms with Crippen LogP contribution in [0.15, 0.2) is 54.6 Å². The van der Waals surface area contributed by atoms with Crippen molar-refractivity contribution < 1.29 is 19.5 Å². The van der Waals surface area contributed by atoms with E-state index >= 15 is 0 Å². The molecule has 0 bridgehead atoms. The molecule has 0 aromatic heterocycles. The average Bonchev–Trinajstić information content (AvgIpc) is 2.62. The van der Waals surface area contributed by atoms with Gasteiger partial charge in [0.25, 0.3) is 5.91 Å².